The molecule has 6 N–H and O–H groups in total. The molecular formula is C9H19N3O5. The molecule has 0 saturated heterocycles. The summed E-state index contributed by atoms with van der Waals surface area (Å²) in [6.07, 6.45) is 0.904. The number of rotatable bonds is 9. The molecule has 0 aromatic heterocycles. The Balaban J connectivity index is 3.45. The lowest BCUT2D eigenvalue weighted by Gasteiger charge is -2.09. The Bertz CT molecular complexity index is 237. The lowest BCUT2D eigenvalue weighted by Crippen LogP contribution is -2.34. The summed E-state index contributed by atoms with van der Waals surface area (Å²) in [5.41, 5.74) is 6.84. The predicted molar refractivity (Wildman–Crippen MR) is 58.6 cm³/mol. The fourth-order valence-corrected chi connectivity index (χ4v) is 1.11. The third-order valence-electron chi connectivity index (χ3n) is 1.99. The number of hydrogen-bond acceptors (Lipinski definition) is 6. The second-order valence-corrected chi connectivity index (χ2v) is 3.37. The molecule has 1 unspecified atom stereocenters. The van der Waals surface area contributed by atoms with Gasteiger partial charge in [0.15, 0.2) is 0 Å². The van der Waals surface area contributed by atoms with Crippen LogP contribution in [0.4, 0.5) is 4.79 Å². The molecule has 0 rings (SSSR count). The Morgan fingerprint density at radius 1 is 1.35 bits per heavy atom. The van der Waals surface area contributed by atoms with Crippen molar-refractivity contribution in [2.24, 2.45) is 5.73 Å². The number of nitrogens with two attached hydrogens (primary N) is 1. The second kappa shape index (κ2) is 9.82. The fraction of sp³-hybridized carbons (Fsp3) is 0.778. The van der Waals surface area contributed by atoms with E-state index in [4.69, 9.17) is 16.0 Å². The number of carboxylic acids is 1. The van der Waals surface area contributed by atoms with E-state index in [0.29, 0.717) is 19.4 Å². The molecule has 17 heavy (non-hydrogen) atoms. The van der Waals surface area contributed by atoms with Gasteiger partial charge in [-0.3, -0.25) is 4.79 Å². The van der Waals surface area contributed by atoms with Crippen molar-refractivity contribution in [2.75, 3.05) is 19.7 Å². The van der Waals surface area contributed by atoms with Gasteiger partial charge in [0, 0.05) is 13.1 Å². The third-order valence-corrected chi connectivity index (χ3v) is 1.99. The number of amides is 1. The zero-order valence-corrected chi connectivity index (χ0v) is 9.52. The van der Waals surface area contributed by atoms with Crippen LogP contribution in [0.15, 0.2) is 0 Å². The van der Waals surface area contributed by atoms with Crippen molar-refractivity contribution in [1.29, 1.82) is 0 Å². The maximum absolute atomic E-state index is 10.9. The van der Waals surface area contributed by atoms with Crippen molar-refractivity contribution in [3.8, 4) is 0 Å². The summed E-state index contributed by atoms with van der Waals surface area (Å²) in [5, 5.41) is 19.6. The number of nitrogens with one attached hydrogen (secondary N) is 2. The van der Waals surface area contributed by atoms with Gasteiger partial charge in [0.1, 0.15) is 12.6 Å². The van der Waals surface area contributed by atoms with Gasteiger partial charge in [0.05, 0.1) is 0 Å². The molecule has 1 atom stereocenters. The van der Waals surface area contributed by atoms with E-state index in [0.717, 1.165) is 0 Å². The maximum Gasteiger partial charge on any atom is 0.407 e. The molecular weight excluding hydrogens is 230 g/mol. The van der Waals surface area contributed by atoms with Crippen LogP contribution >= 0.6 is 0 Å². The molecule has 0 bridgehead atoms. The normalized spacial score (nSPS) is 11.9. The number of carboxylic acid groups (broad SMARTS) is 1. The summed E-state index contributed by atoms with van der Waals surface area (Å²) in [5.74, 6) is -1.11. The number of aliphatic carboxylic acids is 1. The summed E-state index contributed by atoms with van der Waals surface area (Å²) in [6.45, 7) is 0.832. The number of hydroxylamine groups is 1. The topological polar surface area (TPSA) is 134 Å². The van der Waals surface area contributed by atoms with Crippen molar-refractivity contribution in [3.05, 3.63) is 0 Å². The van der Waals surface area contributed by atoms with Gasteiger partial charge in [-0.05, 0) is 19.3 Å². The van der Waals surface area contributed by atoms with Gasteiger partial charge in [-0.1, -0.05) is 0 Å². The van der Waals surface area contributed by atoms with Crippen LogP contribution in [0.5, 0.6) is 0 Å². The first-order chi connectivity index (χ1) is 8.11. The molecule has 0 radical (unpaired) electrons. The van der Waals surface area contributed by atoms with Gasteiger partial charge in [-0.15, -0.1) is 0 Å². The molecule has 0 aliphatic heterocycles. The zero-order chi connectivity index (χ0) is 13.1. The fourth-order valence-electron chi connectivity index (χ4n) is 1.11. The van der Waals surface area contributed by atoms with Crippen LogP contribution in [-0.2, 0) is 9.53 Å². The molecule has 0 fully saturated rings. The Morgan fingerprint density at radius 3 is 2.59 bits per heavy atom. The first-order valence-electron chi connectivity index (χ1n) is 5.35. The molecule has 0 saturated carbocycles. The van der Waals surface area contributed by atoms with E-state index in [1.165, 1.54) is 0 Å². The first kappa shape index (κ1) is 15.6. The first-order valence-corrected chi connectivity index (χ1v) is 5.35. The van der Waals surface area contributed by atoms with E-state index in [2.05, 4.69) is 10.1 Å². The summed E-state index contributed by atoms with van der Waals surface area (Å²) in [6, 6.07) is -0.973. The summed E-state index contributed by atoms with van der Waals surface area (Å²) < 4.78 is 4.66. The minimum atomic E-state index is -1.11. The Morgan fingerprint density at radius 2 is 2.06 bits per heavy atom. The smallest absolute Gasteiger partial charge is 0.407 e. The average Bonchev–Trinajstić information content (AvgIpc) is 2.30. The maximum atomic E-state index is 10.9. The molecule has 0 aromatic carbocycles. The average molecular weight is 249 g/mol. The number of carbonyl (C=O) groups is 2. The van der Waals surface area contributed by atoms with Crippen molar-refractivity contribution >= 4 is 12.1 Å². The molecule has 8 heteroatoms. The van der Waals surface area contributed by atoms with Crippen LogP contribution in [0, 0.1) is 0 Å². The number of hydrogen-bond donors (Lipinski definition) is 5. The molecule has 100 valence electrons. The third kappa shape index (κ3) is 8.43. The Kier molecular flexibility index (Phi) is 9.02. The van der Waals surface area contributed by atoms with Crippen LogP contribution in [0.3, 0.4) is 0 Å². The summed E-state index contributed by atoms with van der Waals surface area (Å²) in [7, 11) is 0. The van der Waals surface area contributed by atoms with E-state index < -0.39 is 18.1 Å². The van der Waals surface area contributed by atoms with Gasteiger partial charge in [0.25, 0.3) is 0 Å². The van der Waals surface area contributed by atoms with Gasteiger partial charge < -0.3 is 26.1 Å². The van der Waals surface area contributed by atoms with Crippen LogP contribution in [0.25, 0.3) is 0 Å². The Labute approximate surface area is 99.1 Å². The van der Waals surface area contributed by atoms with Crippen molar-refractivity contribution in [2.45, 2.75) is 25.3 Å². The highest BCUT2D eigenvalue weighted by atomic mass is 16.5. The lowest BCUT2D eigenvalue weighted by atomic mass is 10.1. The van der Waals surface area contributed by atoms with Crippen molar-refractivity contribution in [3.63, 3.8) is 0 Å². The molecule has 0 aliphatic carbocycles. The molecule has 0 heterocycles. The quantitative estimate of drug-likeness (QED) is 0.269. The van der Waals surface area contributed by atoms with Gasteiger partial charge in [-0.2, -0.15) is 5.48 Å². The van der Waals surface area contributed by atoms with E-state index in [9.17, 15) is 9.59 Å². The lowest BCUT2D eigenvalue weighted by molar-refractivity contribution is -0.142. The minimum Gasteiger partial charge on any atom is -0.480 e. The molecule has 1 amide bonds. The largest absolute Gasteiger partial charge is 0.480 e. The van der Waals surface area contributed by atoms with Crippen LogP contribution in [0.1, 0.15) is 19.3 Å². The number of alkyl carbamates (subject to hydrolysis) is 1. The van der Waals surface area contributed by atoms with Crippen molar-refractivity contribution < 1.29 is 24.6 Å². The SMILES string of the molecule is NCCOC(=O)NCCCCC(NO)C(=O)O. The minimum absolute atomic E-state index is 0.168. The number of carbonyl (C=O) groups excluding carboxylic acids is 1. The molecule has 0 aliphatic rings. The number of unbranched alkanes of at least 4 members (excludes halogenated alkanes) is 1. The van der Waals surface area contributed by atoms with E-state index in [-0.39, 0.29) is 19.6 Å². The highest BCUT2D eigenvalue weighted by molar-refractivity contribution is 5.73. The van der Waals surface area contributed by atoms with E-state index in [1.807, 2.05) is 0 Å². The highest BCUT2D eigenvalue weighted by Gasteiger charge is 2.14. The van der Waals surface area contributed by atoms with E-state index in [1.54, 1.807) is 5.48 Å². The van der Waals surface area contributed by atoms with Gasteiger partial charge >= 0.3 is 12.1 Å². The molecule has 8 nitrogen and oxygen atoms in total. The Hall–Kier alpha value is -1.38. The van der Waals surface area contributed by atoms with Crippen LogP contribution < -0.4 is 16.5 Å². The standard InChI is InChI=1S/C9H19N3O5/c10-4-6-17-9(15)11-5-2-1-3-7(12-16)8(13)14/h7,12,16H,1-6,10H2,(H,11,15)(H,13,14). The molecule has 0 aromatic rings. The zero-order valence-electron chi connectivity index (χ0n) is 9.52. The number of ether oxygens (including phenoxy) is 1. The van der Waals surface area contributed by atoms with Crippen molar-refractivity contribution in [1.82, 2.24) is 10.8 Å². The summed E-state index contributed by atoms with van der Waals surface area (Å²) in [4.78, 5) is 21.4. The summed E-state index contributed by atoms with van der Waals surface area (Å²) >= 11 is 0. The molecule has 0 spiro atoms. The van der Waals surface area contributed by atoms with E-state index >= 15 is 0 Å². The predicted octanol–water partition coefficient (Wildman–Crippen LogP) is -0.726. The monoisotopic (exact) mass is 249 g/mol. The highest BCUT2D eigenvalue weighted by Crippen LogP contribution is 2.00. The van der Waals surface area contributed by atoms with Gasteiger partial charge in [0.2, 0.25) is 0 Å². The van der Waals surface area contributed by atoms with Crippen LogP contribution in [0.2, 0.25) is 0 Å². The second-order valence-electron chi connectivity index (χ2n) is 3.37. The van der Waals surface area contributed by atoms with Gasteiger partial charge in [-0.25, -0.2) is 4.79 Å². The van der Waals surface area contributed by atoms with Crippen LogP contribution in [-0.4, -0.2) is 48.1 Å².